The summed E-state index contributed by atoms with van der Waals surface area (Å²) in [6.45, 7) is 3.36. The molecule has 2 atom stereocenters. The quantitative estimate of drug-likeness (QED) is 0.271. The van der Waals surface area contributed by atoms with Crippen LogP contribution in [0.2, 0.25) is 10.0 Å². The number of ether oxygens (including phenoxy) is 2. The van der Waals surface area contributed by atoms with Gasteiger partial charge in [-0.15, -0.1) is 0 Å². The molecule has 0 radical (unpaired) electrons. The van der Waals surface area contributed by atoms with Gasteiger partial charge in [0.2, 0.25) is 11.8 Å². The first-order chi connectivity index (χ1) is 20.6. The summed E-state index contributed by atoms with van der Waals surface area (Å²) in [5.74, 6) is -2.74. The number of aliphatic imine (C=N–C) groups is 1. The van der Waals surface area contributed by atoms with E-state index in [0.29, 0.717) is 56.9 Å². The molecule has 2 aliphatic heterocycles. The van der Waals surface area contributed by atoms with Crippen LogP contribution in [0.3, 0.4) is 0 Å². The van der Waals surface area contributed by atoms with Crippen molar-refractivity contribution < 1.29 is 28.7 Å². The van der Waals surface area contributed by atoms with E-state index in [1.807, 2.05) is 0 Å². The number of benzene rings is 2. The van der Waals surface area contributed by atoms with Gasteiger partial charge in [-0.25, -0.2) is 5.43 Å². The van der Waals surface area contributed by atoms with E-state index in [9.17, 15) is 19.2 Å². The zero-order chi connectivity index (χ0) is 31.1. The van der Waals surface area contributed by atoms with Gasteiger partial charge in [0.05, 0.1) is 17.8 Å². The Hall–Kier alpha value is -4.22. The predicted octanol–water partition coefficient (Wildman–Crippen LogP) is 3.54. The lowest BCUT2D eigenvalue weighted by Gasteiger charge is -2.32. The molecule has 13 heteroatoms. The Bertz CT molecular complexity index is 1540. The number of hydrazone groups is 1. The van der Waals surface area contributed by atoms with Gasteiger partial charge in [0, 0.05) is 53.9 Å². The van der Waals surface area contributed by atoms with Gasteiger partial charge in [0.25, 0.3) is 5.91 Å². The van der Waals surface area contributed by atoms with Crippen LogP contribution in [0.15, 0.2) is 63.8 Å². The van der Waals surface area contributed by atoms with Crippen LogP contribution < -0.4 is 20.8 Å². The van der Waals surface area contributed by atoms with Crippen molar-refractivity contribution in [3.8, 4) is 5.75 Å². The van der Waals surface area contributed by atoms with E-state index < -0.39 is 29.6 Å². The summed E-state index contributed by atoms with van der Waals surface area (Å²) >= 11 is 12.8. The molecule has 0 saturated heterocycles. The van der Waals surface area contributed by atoms with Crippen LogP contribution in [0.5, 0.6) is 5.75 Å². The Labute approximate surface area is 258 Å². The largest absolute Gasteiger partial charge is 0.482 e. The van der Waals surface area contributed by atoms with Crippen molar-refractivity contribution in [3.63, 3.8) is 0 Å². The van der Waals surface area contributed by atoms with Crippen molar-refractivity contribution in [2.75, 3.05) is 26.8 Å². The fraction of sp³-hybridized carbons (Fsp3) is 0.333. The Morgan fingerprint density at radius 2 is 1.77 bits per heavy atom. The average molecular weight is 629 g/mol. The molecule has 0 spiro atoms. The molecule has 0 fully saturated rings. The van der Waals surface area contributed by atoms with Crippen molar-refractivity contribution in [2.24, 2.45) is 16.0 Å². The number of rotatable bonds is 10. The fourth-order valence-electron chi connectivity index (χ4n) is 4.98. The van der Waals surface area contributed by atoms with E-state index in [2.05, 4.69) is 26.2 Å². The maximum absolute atomic E-state index is 13.4. The minimum absolute atomic E-state index is 0.107. The zero-order valence-electron chi connectivity index (χ0n) is 23.8. The number of amides is 3. The van der Waals surface area contributed by atoms with Crippen LogP contribution in [0, 0.1) is 5.92 Å². The van der Waals surface area contributed by atoms with E-state index >= 15 is 0 Å². The van der Waals surface area contributed by atoms with Crippen LogP contribution in [-0.4, -0.2) is 61.9 Å². The second-order valence-electron chi connectivity index (χ2n) is 9.89. The summed E-state index contributed by atoms with van der Waals surface area (Å²) in [5.41, 5.74) is 5.77. The van der Waals surface area contributed by atoms with Gasteiger partial charge < -0.3 is 20.1 Å². The van der Waals surface area contributed by atoms with Gasteiger partial charge in [-0.1, -0.05) is 41.4 Å². The third kappa shape index (κ3) is 7.60. The molecule has 11 nitrogen and oxygen atoms in total. The standard InChI is InChI=1S/C30H31Cl2N5O6/c1-16-26(28(19-6-4-5-7-20(19)31)27(17(2)35-16)30(41)42-3)29(40)34-13-12-33-25(39)15-43-23-10-8-18(14-21(23)32)22-9-11-24(38)37-36-22/h4-8,10,14,27-28H,9,11-13,15H2,1-3H3,(H,33,39)(H,34,40)(H,37,38). The normalized spacial score (nSPS) is 18.2. The summed E-state index contributed by atoms with van der Waals surface area (Å²) < 4.78 is 10.6. The topological polar surface area (TPSA) is 148 Å². The first-order valence-corrected chi connectivity index (χ1v) is 14.3. The molecule has 0 aromatic heterocycles. The van der Waals surface area contributed by atoms with Crippen LogP contribution in [0.25, 0.3) is 0 Å². The van der Waals surface area contributed by atoms with Crippen molar-refractivity contribution >= 4 is 58.3 Å². The fourth-order valence-corrected chi connectivity index (χ4v) is 5.46. The highest BCUT2D eigenvalue weighted by Crippen LogP contribution is 2.42. The summed E-state index contributed by atoms with van der Waals surface area (Å²) in [5, 5.41) is 10.2. The number of nitrogens with zero attached hydrogens (tertiary/aromatic N) is 2. The highest BCUT2D eigenvalue weighted by molar-refractivity contribution is 6.32. The molecule has 2 unspecified atom stereocenters. The number of carbonyl (C=O) groups excluding carboxylic acids is 4. The predicted molar refractivity (Wildman–Crippen MR) is 162 cm³/mol. The van der Waals surface area contributed by atoms with Gasteiger partial charge >= 0.3 is 5.97 Å². The summed E-state index contributed by atoms with van der Waals surface area (Å²) in [6, 6.07) is 12.1. The van der Waals surface area contributed by atoms with Gasteiger partial charge in [-0.3, -0.25) is 24.2 Å². The van der Waals surface area contributed by atoms with Crippen LogP contribution in [0.1, 0.15) is 43.7 Å². The molecule has 2 aliphatic rings. The number of hydrogen-bond acceptors (Lipinski definition) is 8. The minimum Gasteiger partial charge on any atom is -0.482 e. The SMILES string of the molecule is COC(=O)C1C(C)=NC(C)=C(C(=O)NCCNC(=O)COc2ccc(C3=NNC(=O)CC3)cc2Cl)C1c1ccccc1Cl. The highest BCUT2D eigenvalue weighted by atomic mass is 35.5. The number of esters is 1. The zero-order valence-corrected chi connectivity index (χ0v) is 25.3. The maximum atomic E-state index is 13.4. The molecular formula is C30H31Cl2N5O6. The average Bonchev–Trinajstić information content (AvgIpc) is 2.98. The van der Waals surface area contributed by atoms with Gasteiger partial charge in [0.15, 0.2) is 6.61 Å². The first kappa shape index (κ1) is 31.7. The Balaban J connectivity index is 1.33. The third-order valence-electron chi connectivity index (χ3n) is 7.03. The van der Waals surface area contributed by atoms with E-state index in [1.54, 1.807) is 56.3 Å². The molecule has 43 heavy (non-hydrogen) atoms. The Morgan fingerprint density at radius 3 is 2.44 bits per heavy atom. The summed E-state index contributed by atoms with van der Waals surface area (Å²) in [7, 11) is 1.29. The van der Waals surface area contributed by atoms with Gasteiger partial charge in [0.1, 0.15) is 11.7 Å². The van der Waals surface area contributed by atoms with Gasteiger partial charge in [-0.05, 0) is 49.2 Å². The molecule has 0 bridgehead atoms. The lowest BCUT2D eigenvalue weighted by molar-refractivity contribution is -0.143. The molecule has 2 aromatic carbocycles. The molecule has 3 N–H and O–H groups in total. The molecule has 4 rings (SSSR count). The lowest BCUT2D eigenvalue weighted by Crippen LogP contribution is -2.41. The smallest absolute Gasteiger partial charge is 0.315 e. The minimum atomic E-state index is -0.830. The monoisotopic (exact) mass is 627 g/mol. The van der Waals surface area contributed by atoms with Crippen molar-refractivity contribution in [1.29, 1.82) is 0 Å². The van der Waals surface area contributed by atoms with Crippen LogP contribution in [0.4, 0.5) is 0 Å². The maximum Gasteiger partial charge on any atom is 0.315 e. The number of allylic oxidation sites excluding steroid dienone is 1. The third-order valence-corrected chi connectivity index (χ3v) is 7.67. The number of nitrogens with one attached hydrogen (secondary N) is 3. The van der Waals surface area contributed by atoms with E-state index in [0.717, 1.165) is 5.56 Å². The summed E-state index contributed by atoms with van der Waals surface area (Å²) in [6.07, 6.45) is 0.841. The van der Waals surface area contributed by atoms with Crippen molar-refractivity contribution in [3.05, 3.63) is 74.9 Å². The Kier molecular flexibility index (Phi) is 10.5. The molecule has 2 heterocycles. The van der Waals surface area contributed by atoms with Crippen molar-refractivity contribution in [2.45, 2.75) is 32.6 Å². The molecule has 226 valence electrons. The number of hydrogen-bond donors (Lipinski definition) is 3. The van der Waals surface area contributed by atoms with Crippen LogP contribution >= 0.6 is 23.2 Å². The second kappa shape index (κ2) is 14.3. The van der Waals surface area contributed by atoms with E-state index in [1.165, 1.54) is 7.11 Å². The molecule has 2 aromatic rings. The second-order valence-corrected chi connectivity index (χ2v) is 10.7. The highest BCUT2D eigenvalue weighted by Gasteiger charge is 2.42. The molecule has 0 aliphatic carbocycles. The lowest BCUT2D eigenvalue weighted by atomic mass is 9.75. The van der Waals surface area contributed by atoms with Crippen molar-refractivity contribution in [1.82, 2.24) is 16.1 Å². The molecule has 3 amide bonds. The van der Waals surface area contributed by atoms with Crippen LogP contribution in [-0.2, 0) is 23.9 Å². The summed E-state index contributed by atoms with van der Waals surface area (Å²) in [4.78, 5) is 54.3. The molecular weight excluding hydrogens is 597 g/mol. The van der Waals surface area contributed by atoms with E-state index in [-0.39, 0.29) is 25.6 Å². The van der Waals surface area contributed by atoms with E-state index in [4.69, 9.17) is 32.7 Å². The number of carbonyl (C=O) groups is 4. The number of halogens is 2. The van der Waals surface area contributed by atoms with Gasteiger partial charge in [-0.2, -0.15) is 5.10 Å². The number of methoxy groups -OCH3 is 1. The Morgan fingerprint density at radius 1 is 1.02 bits per heavy atom. The first-order valence-electron chi connectivity index (χ1n) is 13.5. The molecule has 0 saturated carbocycles.